The first-order valence-electron chi connectivity index (χ1n) is 7.16. The van der Waals surface area contributed by atoms with Gasteiger partial charge in [-0.15, -0.1) is 0 Å². The zero-order chi connectivity index (χ0) is 15.6. The average molecular weight is 306 g/mol. The lowest BCUT2D eigenvalue weighted by atomic mass is 9.75. The minimum atomic E-state index is -3.47. The number of hydrogen-bond donors (Lipinski definition) is 1. The molecule has 0 aromatic carbocycles. The molecule has 1 unspecified atom stereocenters. The van der Waals surface area contributed by atoms with Crippen molar-refractivity contribution >= 4 is 16.2 Å². The minimum Gasteiger partial charge on any atom is -0.481 e. The van der Waals surface area contributed by atoms with Crippen LogP contribution < -0.4 is 0 Å². The summed E-state index contributed by atoms with van der Waals surface area (Å²) < 4.78 is 27.9. The highest BCUT2D eigenvalue weighted by Gasteiger charge is 2.42. The normalized spacial score (nSPS) is 22.1. The third-order valence-corrected chi connectivity index (χ3v) is 6.47. The molecule has 1 atom stereocenters. The number of piperidine rings is 1. The lowest BCUT2D eigenvalue weighted by Gasteiger charge is -2.40. The van der Waals surface area contributed by atoms with Crippen LogP contribution in [0.5, 0.6) is 0 Å². The maximum Gasteiger partial charge on any atom is 0.309 e. The second kappa shape index (κ2) is 6.41. The number of hydrogen-bond acceptors (Lipinski definition) is 3. The molecule has 0 spiro atoms. The molecule has 0 aromatic rings. The minimum absolute atomic E-state index is 0.154. The van der Waals surface area contributed by atoms with Gasteiger partial charge in [0.25, 0.3) is 10.2 Å². The molecule has 1 heterocycles. The van der Waals surface area contributed by atoms with E-state index in [-0.39, 0.29) is 12.5 Å². The van der Waals surface area contributed by atoms with Gasteiger partial charge in [0.05, 0.1) is 5.41 Å². The smallest absolute Gasteiger partial charge is 0.309 e. The monoisotopic (exact) mass is 306 g/mol. The third kappa shape index (κ3) is 3.32. The van der Waals surface area contributed by atoms with Crippen LogP contribution >= 0.6 is 0 Å². The molecule has 1 saturated heterocycles. The van der Waals surface area contributed by atoms with Crippen molar-refractivity contribution in [3.8, 4) is 0 Å². The van der Waals surface area contributed by atoms with E-state index < -0.39 is 21.6 Å². The Bertz CT molecular complexity index is 443. The van der Waals surface area contributed by atoms with Crippen LogP contribution in [0, 0.1) is 11.3 Å². The van der Waals surface area contributed by atoms with E-state index in [1.807, 2.05) is 13.8 Å². The summed E-state index contributed by atoms with van der Waals surface area (Å²) in [5.74, 6) is -1.02. The fourth-order valence-electron chi connectivity index (χ4n) is 2.63. The van der Waals surface area contributed by atoms with Crippen molar-refractivity contribution < 1.29 is 18.3 Å². The molecule has 118 valence electrons. The Kier molecular flexibility index (Phi) is 5.57. The van der Waals surface area contributed by atoms with E-state index >= 15 is 0 Å². The molecule has 0 aromatic heterocycles. The number of carbonyl (C=O) groups is 1. The highest BCUT2D eigenvalue weighted by atomic mass is 32.2. The van der Waals surface area contributed by atoms with Crippen molar-refractivity contribution in [2.24, 2.45) is 11.3 Å². The molecular formula is C13H26N2O4S. The van der Waals surface area contributed by atoms with Gasteiger partial charge in [0.2, 0.25) is 0 Å². The summed E-state index contributed by atoms with van der Waals surface area (Å²) in [6.45, 7) is 8.60. The van der Waals surface area contributed by atoms with Crippen LogP contribution in [0.25, 0.3) is 0 Å². The first kappa shape index (κ1) is 17.4. The van der Waals surface area contributed by atoms with Crippen LogP contribution in [-0.4, -0.2) is 54.3 Å². The van der Waals surface area contributed by atoms with Gasteiger partial charge in [-0.1, -0.05) is 13.8 Å². The SMILES string of the molecule is CCN(CC)S(=O)(=O)N1CCCC(C(C)(C)C(=O)O)C1. The first-order chi connectivity index (χ1) is 9.17. The molecule has 0 bridgehead atoms. The van der Waals surface area contributed by atoms with Gasteiger partial charge in [0.15, 0.2) is 0 Å². The van der Waals surface area contributed by atoms with Gasteiger partial charge in [0, 0.05) is 26.2 Å². The van der Waals surface area contributed by atoms with E-state index in [4.69, 9.17) is 0 Å². The average Bonchev–Trinajstić information content (AvgIpc) is 2.39. The van der Waals surface area contributed by atoms with Gasteiger partial charge in [-0.05, 0) is 32.6 Å². The molecule has 0 saturated carbocycles. The molecule has 1 fully saturated rings. The van der Waals surface area contributed by atoms with Crippen molar-refractivity contribution in [3.63, 3.8) is 0 Å². The predicted molar refractivity (Wildman–Crippen MR) is 77.6 cm³/mol. The number of rotatable bonds is 6. The Hall–Kier alpha value is -0.660. The maximum atomic E-state index is 12.5. The van der Waals surface area contributed by atoms with Crippen molar-refractivity contribution in [1.82, 2.24) is 8.61 Å². The van der Waals surface area contributed by atoms with E-state index in [1.165, 1.54) is 8.61 Å². The van der Waals surface area contributed by atoms with Crippen molar-refractivity contribution in [2.75, 3.05) is 26.2 Å². The fourth-order valence-corrected chi connectivity index (χ4v) is 4.34. The molecule has 1 aliphatic rings. The Morgan fingerprint density at radius 2 is 1.90 bits per heavy atom. The summed E-state index contributed by atoms with van der Waals surface area (Å²) in [7, 11) is -3.47. The Morgan fingerprint density at radius 1 is 1.35 bits per heavy atom. The quantitative estimate of drug-likeness (QED) is 0.804. The number of carboxylic acid groups (broad SMARTS) is 1. The summed E-state index contributed by atoms with van der Waals surface area (Å²) in [6.07, 6.45) is 1.46. The lowest BCUT2D eigenvalue weighted by Crippen LogP contribution is -2.51. The Labute approximate surface area is 121 Å². The molecule has 20 heavy (non-hydrogen) atoms. The van der Waals surface area contributed by atoms with Gasteiger partial charge in [-0.2, -0.15) is 17.0 Å². The van der Waals surface area contributed by atoms with Crippen molar-refractivity contribution in [3.05, 3.63) is 0 Å². The zero-order valence-corrected chi connectivity index (χ0v) is 13.6. The lowest BCUT2D eigenvalue weighted by molar-refractivity contribution is -0.151. The molecule has 0 aliphatic carbocycles. The molecular weight excluding hydrogens is 280 g/mol. The number of carboxylic acids is 1. The van der Waals surface area contributed by atoms with E-state index in [0.717, 1.165) is 6.42 Å². The van der Waals surface area contributed by atoms with Gasteiger partial charge >= 0.3 is 5.97 Å². The van der Waals surface area contributed by atoms with Crippen LogP contribution in [0.4, 0.5) is 0 Å². The van der Waals surface area contributed by atoms with E-state index in [0.29, 0.717) is 26.1 Å². The molecule has 1 N–H and O–H groups in total. The summed E-state index contributed by atoms with van der Waals surface area (Å²) in [4.78, 5) is 11.3. The highest BCUT2D eigenvalue weighted by Crippen LogP contribution is 2.35. The summed E-state index contributed by atoms with van der Waals surface area (Å²) in [5.41, 5.74) is -0.905. The largest absolute Gasteiger partial charge is 0.481 e. The molecule has 1 aliphatic heterocycles. The summed E-state index contributed by atoms with van der Waals surface area (Å²) >= 11 is 0. The Balaban J connectivity index is 2.92. The summed E-state index contributed by atoms with van der Waals surface area (Å²) in [6, 6.07) is 0. The van der Waals surface area contributed by atoms with E-state index in [1.54, 1.807) is 13.8 Å². The van der Waals surface area contributed by atoms with E-state index in [2.05, 4.69) is 0 Å². The van der Waals surface area contributed by atoms with Crippen LogP contribution in [-0.2, 0) is 15.0 Å². The molecule has 0 amide bonds. The fraction of sp³-hybridized carbons (Fsp3) is 0.923. The van der Waals surface area contributed by atoms with Crippen LogP contribution in [0.15, 0.2) is 0 Å². The molecule has 6 nitrogen and oxygen atoms in total. The third-order valence-electron chi connectivity index (χ3n) is 4.31. The van der Waals surface area contributed by atoms with Gasteiger partial charge in [-0.3, -0.25) is 4.79 Å². The van der Waals surface area contributed by atoms with Crippen LogP contribution in [0.3, 0.4) is 0 Å². The predicted octanol–water partition coefficient (Wildman–Crippen LogP) is 1.40. The number of aliphatic carboxylic acids is 1. The van der Waals surface area contributed by atoms with Crippen molar-refractivity contribution in [1.29, 1.82) is 0 Å². The summed E-state index contributed by atoms with van der Waals surface area (Å²) in [5, 5.41) is 9.31. The van der Waals surface area contributed by atoms with Gasteiger partial charge in [0.1, 0.15) is 0 Å². The zero-order valence-electron chi connectivity index (χ0n) is 12.8. The highest BCUT2D eigenvalue weighted by molar-refractivity contribution is 7.86. The van der Waals surface area contributed by atoms with Crippen LogP contribution in [0.2, 0.25) is 0 Å². The standard InChI is InChI=1S/C13H26N2O4S/c1-5-14(6-2)20(18,19)15-9-7-8-11(10-15)13(3,4)12(16)17/h11H,5-10H2,1-4H3,(H,16,17). The van der Waals surface area contributed by atoms with Crippen LogP contribution in [0.1, 0.15) is 40.5 Å². The molecule has 0 radical (unpaired) electrons. The second-order valence-electron chi connectivity index (χ2n) is 5.82. The first-order valence-corrected chi connectivity index (χ1v) is 8.56. The van der Waals surface area contributed by atoms with E-state index in [9.17, 15) is 18.3 Å². The van der Waals surface area contributed by atoms with Gasteiger partial charge in [-0.25, -0.2) is 0 Å². The topological polar surface area (TPSA) is 77.9 Å². The Morgan fingerprint density at radius 3 is 2.35 bits per heavy atom. The maximum absolute atomic E-state index is 12.5. The second-order valence-corrected chi connectivity index (χ2v) is 7.74. The van der Waals surface area contributed by atoms with Gasteiger partial charge < -0.3 is 5.11 Å². The van der Waals surface area contributed by atoms with Crippen molar-refractivity contribution in [2.45, 2.75) is 40.5 Å². The molecule has 1 rings (SSSR count). The molecule has 7 heteroatoms. The number of nitrogens with zero attached hydrogens (tertiary/aromatic N) is 2.